The van der Waals surface area contributed by atoms with Crippen LogP contribution in [-0.4, -0.2) is 31.8 Å². The summed E-state index contributed by atoms with van der Waals surface area (Å²) in [7, 11) is 0. The van der Waals surface area contributed by atoms with Gasteiger partial charge in [0.25, 0.3) is 0 Å². The molecule has 1 aliphatic heterocycles. The third kappa shape index (κ3) is 4.33. The molecule has 1 heterocycles. The first-order valence-corrected chi connectivity index (χ1v) is 7.96. The van der Waals surface area contributed by atoms with E-state index in [4.69, 9.17) is 9.47 Å². The molecule has 0 aromatic heterocycles. The number of rotatable bonds is 5. The van der Waals surface area contributed by atoms with Crippen LogP contribution in [0.1, 0.15) is 17.9 Å². The monoisotopic (exact) mass is 311 g/mol. The highest BCUT2D eigenvalue weighted by molar-refractivity contribution is 5.71. The van der Waals surface area contributed by atoms with Crippen molar-refractivity contribution < 1.29 is 14.3 Å². The minimum atomic E-state index is -0.330. The van der Waals surface area contributed by atoms with E-state index in [1.54, 1.807) is 0 Å². The summed E-state index contributed by atoms with van der Waals surface area (Å²) in [5.74, 6) is 0.576. The van der Waals surface area contributed by atoms with E-state index in [0.717, 1.165) is 13.0 Å². The molecule has 4 nitrogen and oxygen atoms in total. The van der Waals surface area contributed by atoms with Crippen molar-refractivity contribution in [3.63, 3.8) is 0 Å². The van der Waals surface area contributed by atoms with Gasteiger partial charge in [-0.1, -0.05) is 48.5 Å². The quantitative estimate of drug-likeness (QED) is 0.863. The Morgan fingerprint density at radius 3 is 2.48 bits per heavy atom. The van der Waals surface area contributed by atoms with Gasteiger partial charge in [-0.05, 0) is 30.7 Å². The lowest BCUT2D eigenvalue weighted by atomic mass is 9.88. The van der Waals surface area contributed by atoms with Crippen molar-refractivity contribution >= 4 is 5.97 Å². The number of piperidine rings is 1. The predicted octanol–water partition coefficient (Wildman–Crippen LogP) is 2.75. The normalized spacial score (nSPS) is 20.7. The molecule has 0 spiro atoms. The maximum absolute atomic E-state index is 12.1. The van der Waals surface area contributed by atoms with Crippen molar-refractivity contribution in [3.05, 3.63) is 66.2 Å². The molecule has 0 radical (unpaired) electrons. The molecule has 4 heteroatoms. The highest BCUT2D eigenvalue weighted by Crippen LogP contribution is 2.27. The molecule has 2 aromatic carbocycles. The van der Waals surface area contributed by atoms with Gasteiger partial charge >= 0.3 is 5.97 Å². The van der Waals surface area contributed by atoms with Gasteiger partial charge in [-0.15, -0.1) is 0 Å². The molecular formula is C19H21NO3. The first-order chi connectivity index (χ1) is 11.3. The molecule has 2 unspecified atom stereocenters. The van der Waals surface area contributed by atoms with Crippen LogP contribution in [-0.2, 0) is 9.53 Å². The van der Waals surface area contributed by atoms with Crippen LogP contribution in [0.5, 0.6) is 5.75 Å². The zero-order chi connectivity index (χ0) is 15.9. The SMILES string of the molecule is O=C(COc1ccccc1)OC1CNCCC1c1ccccc1. The minimum absolute atomic E-state index is 0.0674. The highest BCUT2D eigenvalue weighted by atomic mass is 16.6. The molecular weight excluding hydrogens is 290 g/mol. The highest BCUT2D eigenvalue weighted by Gasteiger charge is 2.29. The topological polar surface area (TPSA) is 47.6 Å². The molecule has 120 valence electrons. The lowest BCUT2D eigenvalue weighted by Crippen LogP contribution is -2.42. The van der Waals surface area contributed by atoms with E-state index in [-0.39, 0.29) is 24.6 Å². The van der Waals surface area contributed by atoms with Crippen LogP contribution in [0.4, 0.5) is 0 Å². The van der Waals surface area contributed by atoms with E-state index in [0.29, 0.717) is 12.3 Å². The second-order valence-corrected chi connectivity index (χ2v) is 5.64. The molecule has 1 saturated heterocycles. The van der Waals surface area contributed by atoms with Gasteiger partial charge in [-0.2, -0.15) is 0 Å². The second kappa shape index (κ2) is 7.79. The first-order valence-electron chi connectivity index (χ1n) is 7.96. The molecule has 0 bridgehead atoms. The van der Waals surface area contributed by atoms with E-state index in [1.165, 1.54) is 5.56 Å². The number of ether oxygens (including phenoxy) is 2. The van der Waals surface area contributed by atoms with E-state index < -0.39 is 0 Å². The van der Waals surface area contributed by atoms with Crippen LogP contribution in [0, 0.1) is 0 Å². The Hall–Kier alpha value is -2.33. The van der Waals surface area contributed by atoms with Gasteiger partial charge in [-0.25, -0.2) is 4.79 Å². The third-order valence-corrected chi connectivity index (χ3v) is 4.04. The zero-order valence-corrected chi connectivity index (χ0v) is 13.0. The fourth-order valence-electron chi connectivity index (χ4n) is 2.90. The number of carbonyl (C=O) groups excluding carboxylic acids is 1. The Labute approximate surface area is 136 Å². The fraction of sp³-hybridized carbons (Fsp3) is 0.316. The summed E-state index contributed by atoms with van der Waals surface area (Å²) in [5.41, 5.74) is 1.22. The zero-order valence-electron chi connectivity index (χ0n) is 13.0. The standard InChI is InChI=1S/C19H21NO3/c21-19(14-22-16-9-5-2-6-10-16)23-18-13-20-12-11-17(18)15-7-3-1-4-8-15/h1-10,17-18,20H,11-14H2. The lowest BCUT2D eigenvalue weighted by molar-refractivity contribution is -0.153. The molecule has 2 aromatic rings. The number of hydrogen-bond donors (Lipinski definition) is 1. The van der Waals surface area contributed by atoms with Gasteiger partial charge in [0.05, 0.1) is 0 Å². The molecule has 0 aliphatic carbocycles. The average Bonchev–Trinajstić information content (AvgIpc) is 2.62. The van der Waals surface area contributed by atoms with Crippen LogP contribution in [0.3, 0.4) is 0 Å². The van der Waals surface area contributed by atoms with Gasteiger partial charge in [0.2, 0.25) is 0 Å². The van der Waals surface area contributed by atoms with Crippen molar-refractivity contribution in [2.24, 2.45) is 0 Å². The third-order valence-electron chi connectivity index (χ3n) is 4.04. The van der Waals surface area contributed by atoms with Gasteiger partial charge < -0.3 is 14.8 Å². The smallest absolute Gasteiger partial charge is 0.344 e. The molecule has 1 aliphatic rings. The number of para-hydroxylation sites is 1. The van der Waals surface area contributed by atoms with E-state index in [2.05, 4.69) is 17.4 Å². The summed E-state index contributed by atoms with van der Waals surface area (Å²) in [6.45, 7) is 1.55. The van der Waals surface area contributed by atoms with Gasteiger partial charge in [-0.3, -0.25) is 0 Å². The van der Waals surface area contributed by atoms with Gasteiger partial charge in [0.15, 0.2) is 6.61 Å². The number of carbonyl (C=O) groups is 1. The van der Waals surface area contributed by atoms with Crippen molar-refractivity contribution in [2.45, 2.75) is 18.4 Å². The summed E-state index contributed by atoms with van der Waals surface area (Å²) < 4.78 is 11.1. The van der Waals surface area contributed by atoms with Crippen LogP contribution in [0.2, 0.25) is 0 Å². The molecule has 0 amide bonds. The Morgan fingerprint density at radius 1 is 1.04 bits per heavy atom. The Bertz CT molecular complexity index is 615. The van der Waals surface area contributed by atoms with E-state index in [1.807, 2.05) is 48.5 Å². The van der Waals surface area contributed by atoms with Crippen molar-refractivity contribution in [1.29, 1.82) is 0 Å². The maximum atomic E-state index is 12.1. The van der Waals surface area contributed by atoms with Gasteiger partial charge in [0.1, 0.15) is 11.9 Å². The molecule has 1 N–H and O–H groups in total. The summed E-state index contributed by atoms with van der Waals surface area (Å²) in [4.78, 5) is 12.1. The van der Waals surface area contributed by atoms with Crippen LogP contribution in [0.15, 0.2) is 60.7 Å². The summed E-state index contributed by atoms with van der Waals surface area (Å²) in [6, 6.07) is 19.5. The number of nitrogens with one attached hydrogen (secondary N) is 1. The predicted molar refractivity (Wildman–Crippen MR) is 88.5 cm³/mol. The Kier molecular flexibility index (Phi) is 5.27. The molecule has 23 heavy (non-hydrogen) atoms. The average molecular weight is 311 g/mol. The number of hydrogen-bond acceptors (Lipinski definition) is 4. The lowest BCUT2D eigenvalue weighted by Gasteiger charge is -2.32. The van der Waals surface area contributed by atoms with E-state index in [9.17, 15) is 4.79 Å². The largest absolute Gasteiger partial charge is 0.482 e. The van der Waals surface area contributed by atoms with E-state index >= 15 is 0 Å². The molecule has 1 fully saturated rings. The van der Waals surface area contributed by atoms with Crippen molar-refractivity contribution in [2.75, 3.05) is 19.7 Å². The molecule has 2 atom stereocenters. The Morgan fingerprint density at radius 2 is 1.74 bits per heavy atom. The fourth-order valence-corrected chi connectivity index (χ4v) is 2.90. The summed E-state index contributed by atoms with van der Waals surface area (Å²) >= 11 is 0. The number of esters is 1. The molecule has 0 saturated carbocycles. The van der Waals surface area contributed by atoms with Crippen molar-refractivity contribution in [3.8, 4) is 5.75 Å². The maximum Gasteiger partial charge on any atom is 0.344 e. The number of benzene rings is 2. The molecule has 3 rings (SSSR count). The summed E-state index contributed by atoms with van der Waals surface area (Å²) in [5, 5.41) is 3.30. The van der Waals surface area contributed by atoms with Crippen LogP contribution in [0.25, 0.3) is 0 Å². The summed E-state index contributed by atoms with van der Waals surface area (Å²) in [6.07, 6.45) is 0.805. The van der Waals surface area contributed by atoms with Crippen molar-refractivity contribution in [1.82, 2.24) is 5.32 Å². The first kappa shape index (κ1) is 15.6. The van der Waals surface area contributed by atoms with Gasteiger partial charge in [0, 0.05) is 12.5 Å². The van der Waals surface area contributed by atoms with Crippen LogP contribution >= 0.6 is 0 Å². The van der Waals surface area contributed by atoms with Crippen LogP contribution < -0.4 is 10.1 Å². The Balaban J connectivity index is 1.57. The second-order valence-electron chi connectivity index (χ2n) is 5.64. The minimum Gasteiger partial charge on any atom is -0.482 e.